The van der Waals surface area contributed by atoms with Gasteiger partial charge in [-0.25, -0.2) is 9.67 Å². The molecule has 1 aliphatic rings. The molecule has 4 rings (SSSR count). The Morgan fingerprint density at radius 1 is 1.04 bits per heavy atom. The topological polar surface area (TPSA) is 55.4 Å². The van der Waals surface area contributed by atoms with Crippen molar-refractivity contribution in [3.05, 3.63) is 58.7 Å². The van der Waals surface area contributed by atoms with Crippen LogP contribution in [0.15, 0.2) is 46.4 Å². The summed E-state index contributed by atoms with van der Waals surface area (Å²) in [4.78, 5) is 9.48. The van der Waals surface area contributed by atoms with E-state index in [1.165, 1.54) is 11.1 Å². The van der Waals surface area contributed by atoms with Crippen molar-refractivity contribution < 1.29 is 0 Å². The first kappa shape index (κ1) is 15.7. The van der Waals surface area contributed by atoms with E-state index in [1.54, 1.807) is 0 Å². The summed E-state index contributed by atoms with van der Waals surface area (Å²) >= 11 is 0. The molecule has 0 saturated heterocycles. The lowest BCUT2D eigenvalue weighted by atomic mass is 10.0. The Bertz CT molecular complexity index is 1000. The van der Waals surface area contributed by atoms with Crippen LogP contribution in [-0.2, 0) is 0 Å². The van der Waals surface area contributed by atoms with Crippen molar-refractivity contribution in [3.63, 3.8) is 0 Å². The van der Waals surface area contributed by atoms with Gasteiger partial charge in [-0.1, -0.05) is 29.5 Å². The summed E-state index contributed by atoms with van der Waals surface area (Å²) in [5.41, 5.74) is 7.55. The molecule has 1 aliphatic heterocycles. The van der Waals surface area contributed by atoms with Gasteiger partial charge in [-0.15, -0.1) is 5.10 Å². The molecule has 0 N–H and O–H groups in total. The first-order valence-electron chi connectivity index (χ1n) is 8.58. The van der Waals surface area contributed by atoms with Crippen LogP contribution < -0.4 is 0 Å². The second-order valence-electron chi connectivity index (χ2n) is 6.80. The minimum absolute atomic E-state index is 0.290. The molecule has 5 nitrogen and oxygen atoms in total. The summed E-state index contributed by atoms with van der Waals surface area (Å²) in [5, 5.41) is 8.54. The zero-order chi connectivity index (χ0) is 17.6. The van der Waals surface area contributed by atoms with Crippen molar-refractivity contribution in [1.82, 2.24) is 15.0 Å². The third-order valence-electron chi connectivity index (χ3n) is 4.62. The standard InChI is InChI=1S/C20H21N5/c1-12(2)25-18-9-8-15(10-16(18)23-24-25)17-11-21-20(22-17)19-13(3)6-5-7-14(19)4/h5-10,12H,11H2,1-4H3. The molecule has 1 aromatic heterocycles. The molecule has 0 saturated carbocycles. The Kier molecular flexibility index (Phi) is 3.71. The Hall–Kier alpha value is -2.82. The van der Waals surface area contributed by atoms with Crippen molar-refractivity contribution in [2.75, 3.05) is 6.54 Å². The Balaban J connectivity index is 1.71. The Morgan fingerprint density at radius 2 is 1.80 bits per heavy atom. The van der Waals surface area contributed by atoms with Crippen LogP contribution in [0.1, 0.15) is 42.1 Å². The molecule has 3 aromatic rings. The molecular formula is C20H21N5. The molecule has 126 valence electrons. The number of aliphatic imine (C=N–C) groups is 2. The lowest BCUT2D eigenvalue weighted by Crippen LogP contribution is -2.04. The predicted molar refractivity (Wildman–Crippen MR) is 102 cm³/mol. The van der Waals surface area contributed by atoms with Crippen LogP contribution in [0.5, 0.6) is 0 Å². The third kappa shape index (κ3) is 2.65. The molecular weight excluding hydrogens is 310 g/mol. The number of rotatable bonds is 3. The molecule has 0 unspecified atom stereocenters. The summed E-state index contributed by atoms with van der Waals surface area (Å²) in [7, 11) is 0. The van der Waals surface area contributed by atoms with Gasteiger partial charge < -0.3 is 0 Å². The van der Waals surface area contributed by atoms with Gasteiger partial charge in [0.25, 0.3) is 0 Å². The summed E-state index contributed by atoms with van der Waals surface area (Å²) < 4.78 is 1.94. The molecule has 0 spiro atoms. The average Bonchev–Trinajstić information content (AvgIpc) is 3.21. The van der Waals surface area contributed by atoms with Crippen LogP contribution in [0.25, 0.3) is 11.0 Å². The zero-order valence-corrected chi connectivity index (χ0v) is 15.0. The zero-order valence-electron chi connectivity index (χ0n) is 15.0. The van der Waals surface area contributed by atoms with Crippen LogP contribution in [0.3, 0.4) is 0 Å². The molecule has 0 aliphatic carbocycles. The number of aryl methyl sites for hydroxylation is 2. The normalized spacial score (nSPS) is 14.3. The van der Waals surface area contributed by atoms with Gasteiger partial charge in [0.05, 0.1) is 17.8 Å². The molecule has 0 amide bonds. The predicted octanol–water partition coefficient (Wildman–Crippen LogP) is 3.88. The SMILES string of the molecule is Cc1cccc(C)c1C1=NCC(c2ccc3c(c2)nnn3C(C)C)=N1. The molecule has 5 heteroatoms. The van der Waals surface area contributed by atoms with E-state index in [-0.39, 0.29) is 0 Å². The number of hydrogen-bond acceptors (Lipinski definition) is 4. The minimum atomic E-state index is 0.290. The van der Waals surface area contributed by atoms with Gasteiger partial charge in [-0.3, -0.25) is 4.99 Å². The molecule has 2 aromatic carbocycles. The first-order valence-corrected chi connectivity index (χ1v) is 8.58. The quantitative estimate of drug-likeness (QED) is 0.731. The summed E-state index contributed by atoms with van der Waals surface area (Å²) in [5.74, 6) is 0.830. The highest BCUT2D eigenvalue weighted by Crippen LogP contribution is 2.21. The highest BCUT2D eigenvalue weighted by molar-refractivity contribution is 6.18. The number of fused-ring (bicyclic) bond motifs is 1. The lowest BCUT2D eigenvalue weighted by Gasteiger charge is -2.07. The average molecular weight is 331 g/mol. The maximum Gasteiger partial charge on any atom is 0.155 e. The molecule has 0 fully saturated rings. The third-order valence-corrected chi connectivity index (χ3v) is 4.62. The monoisotopic (exact) mass is 331 g/mol. The fourth-order valence-corrected chi connectivity index (χ4v) is 3.31. The number of nitrogens with zero attached hydrogens (tertiary/aromatic N) is 5. The highest BCUT2D eigenvalue weighted by Gasteiger charge is 2.18. The smallest absolute Gasteiger partial charge is 0.155 e. The van der Waals surface area contributed by atoms with Gasteiger partial charge in [-0.2, -0.15) is 0 Å². The van der Waals surface area contributed by atoms with E-state index in [0.717, 1.165) is 33.7 Å². The largest absolute Gasteiger partial charge is 0.260 e. The van der Waals surface area contributed by atoms with E-state index >= 15 is 0 Å². The van der Waals surface area contributed by atoms with Gasteiger partial charge in [-0.05, 0) is 51.0 Å². The van der Waals surface area contributed by atoms with Gasteiger partial charge in [0.2, 0.25) is 0 Å². The molecule has 0 bridgehead atoms. The van der Waals surface area contributed by atoms with Crippen molar-refractivity contribution >= 4 is 22.6 Å². The van der Waals surface area contributed by atoms with Crippen molar-refractivity contribution in [3.8, 4) is 0 Å². The van der Waals surface area contributed by atoms with Gasteiger partial charge in [0.15, 0.2) is 5.84 Å². The number of hydrogen-bond donors (Lipinski definition) is 0. The van der Waals surface area contributed by atoms with Gasteiger partial charge in [0.1, 0.15) is 5.52 Å². The molecule has 0 atom stereocenters. The van der Waals surface area contributed by atoms with Gasteiger partial charge >= 0.3 is 0 Å². The maximum absolute atomic E-state index is 4.81. The number of aromatic nitrogens is 3. The highest BCUT2D eigenvalue weighted by atomic mass is 15.4. The molecule has 25 heavy (non-hydrogen) atoms. The Labute approximate surface area is 147 Å². The van der Waals surface area contributed by atoms with Crippen molar-refractivity contribution in [1.29, 1.82) is 0 Å². The van der Waals surface area contributed by atoms with Crippen molar-refractivity contribution in [2.45, 2.75) is 33.7 Å². The second-order valence-corrected chi connectivity index (χ2v) is 6.80. The summed E-state index contributed by atoms with van der Waals surface area (Å²) in [6, 6.07) is 12.8. The van der Waals surface area contributed by atoms with Crippen molar-refractivity contribution in [2.24, 2.45) is 9.98 Å². The van der Waals surface area contributed by atoms with Crippen LogP contribution in [0, 0.1) is 13.8 Å². The van der Waals surface area contributed by atoms with Crippen LogP contribution in [-0.4, -0.2) is 33.1 Å². The first-order chi connectivity index (χ1) is 12.0. The fourth-order valence-electron chi connectivity index (χ4n) is 3.31. The Morgan fingerprint density at radius 3 is 2.52 bits per heavy atom. The van der Waals surface area contributed by atoms with E-state index in [2.05, 4.69) is 79.4 Å². The lowest BCUT2D eigenvalue weighted by molar-refractivity contribution is 0.530. The van der Waals surface area contributed by atoms with E-state index in [4.69, 9.17) is 4.99 Å². The molecule has 2 heterocycles. The minimum Gasteiger partial charge on any atom is -0.260 e. The van der Waals surface area contributed by atoms with Crippen LogP contribution in [0.4, 0.5) is 0 Å². The van der Waals surface area contributed by atoms with E-state index < -0.39 is 0 Å². The van der Waals surface area contributed by atoms with Crippen LogP contribution in [0.2, 0.25) is 0 Å². The van der Waals surface area contributed by atoms with Gasteiger partial charge in [0, 0.05) is 17.2 Å². The number of amidine groups is 1. The molecule has 0 radical (unpaired) electrons. The fraction of sp³-hybridized carbons (Fsp3) is 0.300. The number of benzene rings is 2. The second kappa shape index (κ2) is 5.92. The summed E-state index contributed by atoms with van der Waals surface area (Å²) in [6.45, 7) is 9.03. The van der Waals surface area contributed by atoms with E-state index in [0.29, 0.717) is 12.6 Å². The van der Waals surface area contributed by atoms with E-state index in [9.17, 15) is 0 Å². The van der Waals surface area contributed by atoms with Crippen LogP contribution >= 0.6 is 0 Å². The summed E-state index contributed by atoms with van der Waals surface area (Å²) in [6.07, 6.45) is 0. The van der Waals surface area contributed by atoms with E-state index in [1.807, 2.05) is 4.68 Å². The maximum atomic E-state index is 4.81.